The van der Waals surface area contributed by atoms with Crippen LogP contribution in [0.2, 0.25) is 0 Å². The zero-order chi connectivity index (χ0) is 20.0. The Balaban J connectivity index is 2.05. The predicted octanol–water partition coefficient (Wildman–Crippen LogP) is 1.67. The molecular weight excluding hydrogens is 379 g/mol. The van der Waals surface area contributed by atoms with Crippen molar-refractivity contribution in [1.82, 2.24) is 0 Å². The van der Waals surface area contributed by atoms with E-state index in [4.69, 9.17) is 14.6 Å². The second-order valence-electron chi connectivity index (χ2n) is 5.24. The first-order valence-electron chi connectivity index (χ1n) is 7.73. The number of carbonyl (C=O) groups is 2. The number of amides is 1. The molecule has 8 nitrogen and oxygen atoms in total. The lowest BCUT2D eigenvalue weighted by Crippen LogP contribution is -2.22. The van der Waals surface area contributed by atoms with Crippen LogP contribution in [0.1, 0.15) is 17.3 Å². The fourth-order valence-corrected chi connectivity index (χ4v) is 2.62. The van der Waals surface area contributed by atoms with E-state index in [0.717, 1.165) is 18.2 Å². The molecule has 2 aromatic rings. The Labute approximate surface area is 155 Å². The van der Waals surface area contributed by atoms with Gasteiger partial charge in [0.2, 0.25) is 10.0 Å². The minimum atomic E-state index is -4.13. The van der Waals surface area contributed by atoms with Crippen molar-refractivity contribution in [2.24, 2.45) is 5.14 Å². The number of rotatable bonds is 7. The predicted molar refractivity (Wildman–Crippen MR) is 94.3 cm³/mol. The first kappa shape index (κ1) is 20.3. The maximum Gasteiger partial charge on any atom is 0.341 e. The molecule has 0 spiro atoms. The van der Waals surface area contributed by atoms with Crippen LogP contribution >= 0.6 is 0 Å². The minimum Gasteiger partial charge on any atom is -0.492 e. The van der Waals surface area contributed by atoms with Crippen LogP contribution in [0.5, 0.6) is 5.75 Å². The van der Waals surface area contributed by atoms with Crippen molar-refractivity contribution >= 4 is 27.6 Å². The molecule has 10 heteroatoms. The molecular formula is C17H17FN2O6S. The number of esters is 1. The van der Waals surface area contributed by atoms with Crippen LogP contribution in [-0.4, -0.2) is 33.5 Å². The van der Waals surface area contributed by atoms with Gasteiger partial charge in [-0.3, -0.25) is 4.79 Å². The summed E-state index contributed by atoms with van der Waals surface area (Å²) in [4.78, 5) is 23.5. The molecule has 2 rings (SSSR count). The molecule has 0 saturated heterocycles. The smallest absolute Gasteiger partial charge is 0.341 e. The molecule has 144 valence electrons. The van der Waals surface area contributed by atoms with E-state index in [9.17, 15) is 22.4 Å². The third-order valence-electron chi connectivity index (χ3n) is 3.28. The third-order valence-corrected chi connectivity index (χ3v) is 4.19. The average molecular weight is 396 g/mol. The van der Waals surface area contributed by atoms with Gasteiger partial charge in [-0.25, -0.2) is 22.7 Å². The number of sulfonamides is 1. The van der Waals surface area contributed by atoms with E-state index in [1.807, 2.05) is 0 Å². The summed E-state index contributed by atoms with van der Waals surface area (Å²) < 4.78 is 46.5. The Morgan fingerprint density at radius 3 is 2.56 bits per heavy atom. The molecule has 0 aromatic heterocycles. The molecule has 1 amide bonds. The quantitative estimate of drug-likeness (QED) is 0.686. The number of hydrogen-bond donors (Lipinski definition) is 2. The van der Waals surface area contributed by atoms with Gasteiger partial charge in [0.25, 0.3) is 5.91 Å². The molecule has 3 N–H and O–H groups in total. The van der Waals surface area contributed by atoms with Crippen molar-refractivity contribution < 1.29 is 31.9 Å². The Kier molecular flexibility index (Phi) is 6.48. The highest BCUT2D eigenvalue weighted by atomic mass is 32.2. The van der Waals surface area contributed by atoms with Crippen molar-refractivity contribution in [3.63, 3.8) is 0 Å². The van der Waals surface area contributed by atoms with Gasteiger partial charge in [-0.15, -0.1) is 0 Å². The van der Waals surface area contributed by atoms with E-state index in [2.05, 4.69) is 5.32 Å². The van der Waals surface area contributed by atoms with Crippen molar-refractivity contribution in [3.05, 3.63) is 53.8 Å². The lowest BCUT2D eigenvalue weighted by Gasteiger charge is -2.11. The summed E-state index contributed by atoms with van der Waals surface area (Å²) in [7, 11) is -4.13. The summed E-state index contributed by atoms with van der Waals surface area (Å²) in [6.45, 7) is 1.46. The van der Waals surface area contributed by atoms with Gasteiger partial charge in [0.1, 0.15) is 11.6 Å². The van der Waals surface area contributed by atoms with Crippen LogP contribution in [0.4, 0.5) is 10.1 Å². The van der Waals surface area contributed by atoms with Crippen LogP contribution < -0.4 is 15.2 Å². The van der Waals surface area contributed by atoms with Crippen LogP contribution in [0.15, 0.2) is 47.4 Å². The van der Waals surface area contributed by atoms with Gasteiger partial charge in [-0.05, 0) is 37.3 Å². The van der Waals surface area contributed by atoms with E-state index in [1.165, 1.54) is 0 Å². The number of para-hydroxylation sites is 2. The highest BCUT2D eigenvalue weighted by Crippen LogP contribution is 2.23. The van der Waals surface area contributed by atoms with Crippen LogP contribution in [0.25, 0.3) is 0 Å². The summed E-state index contributed by atoms with van der Waals surface area (Å²) in [5, 5.41) is 7.45. The summed E-state index contributed by atoms with van der Waals surface area (Å²) in [5.41, 5.74) is -0.271. The minimum absolute atomic E-state index is 0.378. The molecule has 0 unspecified atom stereocenters. The molecule has 0 aliphatic heterocycles. The number of carbonyl (C=O) groups excluding carboxylic acids is 2. The van der Waals surface area contributed by atoms with Gasteiger partial charge in [-0.1, -0.05) is 12.1 Å². The number of benzene rings is 2. The molecule has 2 aromatic carbocycles. The maximum absolute atomic E-state index is 13.8. The number of hydrogen-bond acceptors (Lipinski definition) is 6. The topological polar surface area (TPSA) is 125 Å². The summed E-state index contributed by atoms with van der Waals surface area (Å²) >= 11 is 0. The molecule has 0 atom stereocenters. The Morgan fingerprint density at radius 2 is 1.89 bits per heavy atom. The van der Waals surface area contributed by atoms with Gasteiger partial charge in [0.05, 0.1) is 22.8 Å². The van der Waals surface area contributed by atoms with Crippen LogP contribution in [0, 0.1) is 5.82 Å². The lowest BCUT2D eigenvalue weighted by atomic mass is 10.2. The second-order valence-corrected chi connectivity index (χ2v) is 6.80. The summed E-state index contributed by atoms with van der Waals surface area (Å²) in [6.07, 6.45) is 0. The Hall–Kier alpha value is -2.98. The number of primary sulfonamides is 1. The Morgan fingerprint density at radius 1 is 1.19 bits per heavy atom. The zero-order valence-corrected chi connectivity index (χ0v) is 15.1. The molecule has 0 aliphatic rings. The number of nitrogens with one attached hydrogen (secondary N) is 1. The molecule has 0 bridgehead atoms. The van der Waals surface area contributed by atoms with E-state index in [1.54, 1.807) is 31.2 Å². The van der Waals surface area contributed by atoms with E-state index >= 15 is 0 Å². The van der Waals surface area contributed by atoms with E-state index in [-0.39, 0.29) is 0 Å². The van der Waals surface area contributed by atoms with Gasteiger partial charge in [0.15, 0.2) is 6.61 Å². The highest BCUT2D eigenvalue weighted by molar-refractivity contribution is 7.89. The number of ether oxygens (including phenoxy) is 2. The summed E-state index contributed by atoms with van der Waals surface area (Å²) in [6, 6.07) is 9.09. The SMILES string of the molecule is CCOc1ccccc1NC(=O)COC(=O)c1cc(S(N)(=O)=O)ccc1F. The van der Waals surface area contributed by atoms with Gasteiger partial charge in [-0.2, -0.15) is 0 Å². The fourth-order valence-electron chi connectivity index (χ4n) is 2.08. The third kappa shape index (κ3) is 5.50. The van der Waals surface area contributed by atoms with Gasteiger partial charge < -0.3 is 14.8 Å². The number of halogens is 1. The van der Waals surface area contributed by atoms with Gasteiger partial charge in [0, 0.05) is 0 Å². The number of anilines is 1. The van der Waals surface area contributed by atoms with Crippen LogP contribution in [-0.2, 0) is 19.6 Å². The Bertz CT molecular complexity index is 962. The first-order valence-corrected chi connectivity index (χ1v) is 9.28. The van der Waals surface area contributed by atoms with Crippen molar-refractivity contribution in [3.8, 4) is 5.75 Å². The first-order chi connectivity index (χ1) is 12.7. The molecule has 27 heavy (non-hydrogen) atoms. The van der Waals surface area contributed by atoms with Crippen molar-refractivity contribution in [2.45, 2.75) is 11.8 Å². The highest BCUT2D eigenvalue weighted by Gasteiger charge is 2.19. The van der Waals surface area contributed by atoms with Crippen molar-refractivity contribution in [2.75, 3.05) is 18.5 Å². The molecule has 0 aliphatic carbocycles. The monoisotopic (exact) mass is 396 g/mol. The van der Waals surface area contributed by atoms with E-state index in [0.29, 0.717) is 18.0 Å². The second kappa shape index (κ2) is 8.60. The molecule has 0 fully saturated rings. The average Bonchev–Trinajstić information content (AvgIpc) is 2.61. The van der Waals surface area contributed by atoms with Crippen LogP contribution in [0.3, 0.4) is 0 Å². The number of nitrogens with two attached hydrogens (primary N) is 1. The van der Waals surface area contributed by atoms with Gasteiger partial charge >= 0.3 is 5.97 Å². The lowest BCUT2D eigenvalue weighted by molar-refractivity contribution is -0.119. The standard InChI is InChI=1S/C17H17FN2O6S/c1-2-25-15-6-4-3-5-14(15)20-16(21)10-26-17(22)12-9-11(27(19,23)24)7-8-13(12)18/h3-9H,2,10H2,1H3,(H,20,21)(H2,19,23,24). The zero-order valence-electron chi connectivity index (χ0n) is 14.3. The van der Waals surface area contributed by atoms with Crippen molar-refractivity contribution in [1.29, 1.82) is 0 Å². The normalized spacial score (nSPS) is 10.9. The van der Waals surface area contributed by atoms with E-state index < -0.39 is 44.8 Å². The maximum atomic E-state index is 13.8. The molecule has 0 heterocycles. The largest absolute Gasteiger partial charge is 0.492 e. The fraction of sp³-hybridized carbons (Fsp3) is 0.176. The summed E-state index contributed by atoms with van der Waals surface area (Å²) in [5.74, 6) is -2.45. The molecule has 0 radical (unpaired) electrons. The molecule has 0 saturated carbocycles.